The van der Waals surface area contributed by atoms with Gasteiger partial charge in [0.1, 0.15) is 17.6 Å². The van der Waals surface area contributed by atoms with E-state index >= 15 is 0 Å². The Kier molecular flexibility index (Phi) is 3.33. The van der Waals surface area contributed by atoms with Crippen LogP contribution in [-0.4, -0.2) is 11.5 Å². The maximum Gasteiger partial charge on any atom is 0.145 e. The maximum atomic E-state index is 8.93. The van der Waals surface area contributed by atoms with Gasteiger partial charge in [0.15, 0.2) is 0 Å². The Hall–Kier alpha value is -1.56. The monoisotopic (exact) mass is 229 g/mol. The Bertz CT molecular complexity index is 439. The highest BCUT2D eigenvalue weighted by Crippen LogP contribution is 2.37. The molecule has 1 heterocycles. The molecule has 0 unspecified atom stereocenters. The van der Waals surface area contributed by atoms with E-state index in [1.165, 1.54) is 25.7 Å². The number of rotatable bonds is 3. The molecule has 0 amide bonds. The molecule has 0 saturated heterocycles. The molecule has 1 aliphatic carbocycles. The molecule has 0 bridgehead atoms. The molecule has 3 heteroatoms. The zero-order valence-electron chi connectivity index (χ0n) is 10.6. The minimum atomic E-state index is 0.402. The fraction of sp³-hybridized carbons (Fsp3) is 0.571. The van der Waals surface area contributed by atoms with Crippen LogP contribution >= 0.6 is 0 Å². The molecule has 0 aliphatic heterocycles. The molecule has 1 saturated carbocycles. The van der Waals surface area contributed by atoms with E-state index in [-0.39, 0.29) is 0 Å². The Balaban J connectivity index is 2.02. The second-order valence-electron chi connectivity index (χ2n) is 5.35. The van der Waals surface area contributed by atoms with Crippen LogP contribution in [-0.2, 0) is 0 Å². The van der Waals surface area contributed by atoms with Crippen molar-refractivity contribution in [3.05, 3.63) is 23.4 Å². The molecule has 2 rings (SSSR count). The van der Waals surface area contributed by atoms with Crippen molar-refractivity contribution in [2.24, 2.45) is 5.41 Å². The molecular weight excluding hydrogens is 210 g/mol. The summed E-state index contributed by atoms with van der Waals surface area (Å²) in [5.41, 5.74) is 1.86. The molecule has 17 heavy (non-hydrogen) atoms. The summed E-state index contributed by atoms with van der Waals surface area (Å²) in [6, 6.07) is 6.02. The summed E-state index contributed by atoms with van der Waals surface area (Å²) >= 11 is 0. The number of aryl methyl sites for hydroxylation is 1. The van der Waals surface area contributed by atoms with Crippen molar-refractivity contribution < 1.29 is 0 Å². The van der Waals surface area contributed by atoms with Crippen LogP contribution in [0.4, 0.5) is 5.82 Å². The Morgan fingerprint density at radius 3 is 2.76 bits per heavy atom. The van der Waals surface area contributed by atoms with E-state index in [1.807, 2.05) is 19.1 Å². The molecule has 0 radical (unpaired) electrons. The summed E-state index contributed by atoms with van der Waals surface area (Å²) in [6.45, 7) is 5.19. The zero-order valence-corrected chi connectivity index (χ0v) is 10.6. The largest absolute Gasteiger partial charge is 0.369 e. The van der Waals surface area contributed by atoms with Gasteiger partial charge in [-0.2, -0.15) is 5.26 Å². The molecule has 0 spiro atoms. The number of nitriles is 1. The summed E-state index contributed by atoms with van der Waals surface area (Å²) in [5.74, 6) is 0.820. The van der Waals surface area contributed by atoms with Crippen LogP contribution in [0.15, 0.2) is 12.1 Å². The summed E-state index contributed by atoms with van der Waals surface area (Å²) in [6.07, 6.45) is 5.25. The molecule has 1 N–H and O–H groups in total. The van der Waals surface area contributed by atoms with Crippen LogP contribution in [0.1, 0.15) is 43.9 Å². The minimum Gasteiger partial charge on any atom is -0.369 e. The van der Waals surface area contributed by atoms with Crippen LogP contribution in [0, 0.1) is 23.7 Å². The lowest BCUT2D eigenvalue weighted by molar-refractivity contribution is 0.361. The molecule has 1 aliphatic rings. The highest BCUT2D eigenvalue weighted by Gasteiger charge is 2.28. The third kappa shape index (κ3) is 2.76. The first-order valence-electron chi connectivity index (χ1n) is 6.25. The van der Waals surface area contributed by atoms with E-state index in [1.54, 1.807) is 0 Å². The van der Waals surface area contributed by atoms with Crippen molar-refractivity contribution in [1.82, 2.24) is 4.98 Å². The lowest BCUT2D eigenvalue weighted by Gasteiger charge is -2.24. The Morgan fingerprint density at radius 1 is 1.41 bits per heavy atom. The van der Waals surface area contributed by atoms with Gasteiger partial charge in [-0.05, 0) is 36.8 Å². The van der Waals surface area contributed by atoms with Gasteiger partial charge in [0.25, 0.3) is 0 Å². The number of anilines is 1. The second-order valence-corrected chi connectivity index (χ2v) is 5.35. The van der Waals surface area contributed by atoms with E-state index in [0.717, 1.165) is 17.9 Å². The fourth-order valence-corrected chi connectivity index (χ4v) is 2.45. The number of nitrogens with one attached hydrogen (secondary N) is 1. The number of pyridine rings is 1. The average molecular weight is 229 g/mol. The van der Waals surface area contributed by atoms with Crippen LogP contribution in [0.2, 0.25) is 0 Å². The highest BCUT2D eigenvalue weighted by molar-refractivity contribution is 5.42. The van der Waals surface area contributed by atoms with Gasteiger partial charge in [0.2, 0.25) is 0 Å². The minimum absolute atomic E-state index is 0.402. The van der Waals surface area contributed by atoms with Gasteiger partial charge in [-0.3, -0.25) is 0 Å². The molecule has 90 valence electrons. The zero-order chi connectivity index (χ0) is 12.3. The van der Waals surface area contributed by atoms with Crippen molar-refractivity contribution in [2.75, 3.05) is 11.9 Å². The van der Waals surface area contributed by atoms with Gasteiger partial charge in [0, 0.05) is 6.54 Å². The summed E-state index contributed by atoms with van der Waals surface area (Å²) in [5, 5.41) is 12.3. The molecule has 0 atom stereocenters. The van der Waals surface area contributed by atoms with Crippen molar-refractivity contribution in [1.29, 1.82) is 5.26 Å². The first-order valence-corrected chi connectivity index (χ1v) is 6.25. The van der Waals surface area contributed by atoms with Crippen molar-refractivity contribution in [3.63, 3.8) is 0 Å². The maximum absolute atomic E-state index is 8.93. The SMILES string of the molecule is Cc1ccc(NCC2(C)CCCC2)nc1C#N. The normalized spacial score (nSPS) is 17.7. The van der Waals surface area contributed by atoms with Gasteiger partial charge in [-0.15, -0.1) is 0 Å². The van der Waals surface area contributed by atoms with E-state index in [9.17, 15) is 0 Å². The van der Waals surface area contributed by atoms with Crippen LogP contribution in [0.5, 0.6) is 0 Å². The predicted octanol–water partition coefficient (Wildman–Crippen LogP) is 3.25. The topological polar surface area (TPSA) is 48.7 Å². The van der Waals surface area contributed by atoms with Crippen molar-refractivity contribution in [3.8, 4) is 6.07 Å². The molecular formula is C14H19N3. The van der Waals surface area contributed by atoms with Gasteiger partial charge in [-0.25, -0.2) is 4.98 Å². The molecule has 1 aromatic heterocycles. The third-order valence-corrected chi connectivity index (χ3v) is 3.71. The van der Waals surface area contributed by atoms with E-state index in [0.29, 0.717) is 11.1 Å². The van der Waals surface area contributed by atoms with E-state index < -0.39 is 0 Å². The molecule has 0 aromatic carbocycles. The third-order valence-electron chi connectivity index (χ3n) is 3.71. The van der Waals surface area contributed by atoms with Crippen LogP contribution in [0.3, 0.4) is 0 Å². The molecule has 3 nitrogen and oxygen atoms in total. The summed E-state index contributed by atoms with van der Waals surface area (Å²) in [4.78, 5) is 4.31. The van der Waals surface area contributed by atoms with Crippen LogP contribution in [0.25, 0.3) is 0 Å². The van der Waals surface area contributed by atoms with Gasteiger partial charge >= 0.3 is 0 Å². The first-order chi connectivity index (χ1) is 8.13. The lowest BCUT2D eigenvalue weighted by atomic mass is 9.89. The highest BCUT2D eigenvalue weighted by atomic mass is 15.0. The number of nitrogens with zero attached hydrogens (tertiary/aromatic N) is 2. The first kappa shape index (κ1) is 11.9. The van der Waals surface area contributed by atoms with Crippen LogP contribution < -0.4 is 5.32 Å². The van der Waals surface area contributed by atoms with Gasteiger partial charge < -0.3 is 5.32 Å². The van der Waals surface area contributed by atoms with Crippen molar-refractivity contribution >= 4 is 5.82 Å². The number of aromatic nitrogens is 1. The smallest absolute Gasteiger partial charge is 0.145 e. The van der Waals surface area contributed by atoms with Crippen molar-refractivity contribution in [2.45, 2.75) is 39.5 Å². The average Bonchev–Trinajstić information content (AvgIpc) is 2.76. The number of hydrogen-bond donors (Lipinski definition) is 1. The summed E-state index contributed by atoms with van der Waals surface area (Å²) < 4.78 is 0. The fourth-order valence-electron chi connectivity index (χ4n) is 2.45. The van der Waals surface area contributed by atoms with Gasteiger partial charge in [0.05, 0.1) is 0 Å². The Morgan fingerprint density at radius 2 is 2.12 bits per heavy atom. The van der Waals surface area contributed by atoms with E-state index in [4.69, 9.17) is 5.26 Å². The lowest BCUT2D eigenvalue weighted by Crippen LogP contribution is -2.23. The molecule has 1 fully saturated rings. The predicted molar refractivity (Wildman–Crippen MR) is 68.8 cm³/mol. The second kappa shape index (κ2) is 4.75. The quantitative estimate of drug-likeness (QED) is 0.865. The van der Waals surface area contributed by atoms with Gasteiger partial charge in [-0.1, -0.05) is 25.8 Å². The summed E-state index contributed by atoms with van der Waals surface area (Å²) in [7, 11) is 0. The molecule has 1 aromatic rings. The number of hydrogen-bond acceptors (Lipinski definition) is 3. The van der Waals surface area contributed by atoms with E-state index in [2.05, 4.69) is 23.3 Å². The standard InChI is InChI=1S/C14H19N3/c1-11-5-6-13(17-12(11)9-15)16-10-14(2)7-3-4-8-14/h5-6H,3-4,7-8,10H2,1-2H3,(H,16,17). The Labute approximate surface area is 103 Å².